The van der Waals surface area contributed by atoms with E-state index in [2.05, 4.69) is 28.5 Å². The molecule has 0 amide bonds. The normalized spacial score (nSPS) is 12.2. The third-order valence-electron chi connectivity index (χ3n) is 2.17. The third kappa shape index (κ3) is 4.26. The van der Waals surface area contributed by atoms with Crippen LogP contribution in [0.3, 0.4) is 0 Å². The zero-order valence-electron chi connectivity index (χ0n) is 10.3. The highest BCUT2D eigenvalue weighted by molar-refractivity contribution is 7.98. The summed E-state index contributed by atoms with van der Waals surface area (Å²) in [4.78, 5) is 8.57. The molecule has 1 N–H and O–H groups in total. The molecule has 0 radical (unpaired) electrons. The first-order valence-electron chi connectivity index (χ1n) is 5.31. The molecule has 1 aromatic rings. The Balaban J connectivity index is 2.61. The highest BCUT2D eigenvalue weighted by atomic mass is 32.2. The summed E-state index contributed by atoms with van der Waals surface area (Å²) in [6, 6.07) is 2.19. The second kappa shape index (κ2) is 6.58. The van der Waals surface area contributed by atoms with Gasteiger partial charge in [0.2, 0.25) is 11.8 Å². The van der Waals surface area contributed by atoms with Crippen LogP contribution in [-0.4, -0.2) is 35.1 Å². The minimum Gasteiger partial charge on any atom is -0.481 e. The molecule has 0 aliphatic rings. The summed E-state index contributed by atoms with van der Waals surface area (Å²) in [5, 5.41) is 3.28. The van der Waals surface area contributed by atoms with Crippen molar-refractivity contribution in [2.75, 3.05) is 24.4 Å². The number of hydrogen-bond acceptors (Lipinski definition) is 5. The molecule has 1 heterocycles. The molecule has 90 valence electrons. The second-order valence-electron chi connectivity index (χ2n) is 3.70. The number of methoxy groups -OCH3 is 1. The van der Waals surface area contributed by atoms with E-state index in [-0.39, 0.29) is 0 Å². The Kier molecular flexibility index (Phi) is 5.38. The van der Waals surface area contributed by atoms with Gasteiger partial charge in [0.1, 0.15) is 0 Å². The van der Waals surface area contributed by atoms with E-state index in [9.17, 15) is 0 Å². The van der Waals surface area contributed by atoms with Gasteiger partial charge in [0.05, 0.1) is 7.11 Å². The van der Waals surface area contributed by atoms with Gasteiger partial charge in [-0.2, -0.15) is 16.7 Å². The molecule has 1 rings (SSSR count). The molecule has 0 fully saturated rings. The van der Waals surface area contributed by atoms with Crippen LogP contribution in [0.15, 0.2) is 6.07 Å². The first-order chi connectivity index (χ1) is 7.65. The Bertz CT molecular complexity index is 333. The summed E-state index contributed by atoms with van der Waals surface area (Å²) in [6.45, 7) is 4.07. The first kappa shape index (κ1) is 13.1. The van der Waals surface area contributed by atoms with Crippen LogP contribution in [-0.2, 0) is 0 Å². The highest BCUT2D eigenvalue weighted by Crippen LogP contribution is 2.13. The standard InChI is InChI=1S/C11H19N3OS/c1-8(5-6-16-4)12-11-13-9(2)7-10(14-11)15-3/h7-8H,5-6H2,1-4H3,(H,12,13,14). The van der Waals surface area contributed by atoms with Gasteiger partial charge in [0.15, 0.2) is 0 Å². The number of nitrogens with one attached hydrogen (secondary N) is 1. The van der Waals surface area contributed by atoms with Crippen molar-refractivity contribution in [3.05, 3.63) is 11.8 Å². The van der Waals surface area contributed by atoms with Crippen LogP contribution < -0.4 is 10.1 Å². The topological polar surface area (TPSA) is 47.0 Å². The van der Waals surface area contributed by atoms with Crippen molar-refractivity contribution >= 4 is 17.7 Å². The summed E-state index contributed by atoms with van der Waals surface area (Å²) in [5.41, 5.74) is 0.909. The van der Waals surface area contributed by atoms with E-state index in [1.165, 1.54) is 0 Å². The van der Waals surface area contributed by atoms with Gasteiger partial charge in [-0.05, 0) is 32.3 Å². The van der Waals surface area contributed by atoms with E-state index >= 15 is 0 Å². The lowest BCUT2D eigenvalue weighted by Gasteiger charge is -2.13. The molecule has 0 bridgehead atoms. The van der Waals surface area contributed by atoms with Crippen molar-refractivity contribution in [2.45, 2.75) is 26.3 Å². The molecular weight excluding hydrogens is 222 g/mol. The Labute approximate surface area is 101 Å². The van der Waals surface area contributed by atoms with E-state index in [0.717, 1.165) is 17.9 Å². The average molecular weight is 241 g/mol. The predicted octanol–water partition coefficient (Wildman–Crippen LogP) is 2.35. The molecule has 0 spiro atoms. The SMILES string of the molecule is COc1cc(C)nc(NC(C)CCSC)n1. The minimum absolute atomic E-state index is 0.374. The number of hydrogen-bond donors (Lipinski definition) is 1. The lowest BCUT2D eigenvalue weighted by atomic mass is 10.3. The van der Waals surface area contributed by atoms with Gasteiger partial charge in [-0.25, -0.2) is 4.98 Å². The molecular formula is C11H19N3OS. The number of aryl methyl sites for hydroxylation is 1. The van der Waals surface area contributed by atoms with E-state index in [1.54, 1.807) is 7.11 Å². The molecule has 16 heavy (non-hydrogen) atoms. The number of nitrogens with zero attached hydrogens (tertiary/aromatic N) is 2. The van der Waals surface area contributed by atoms with Gasteiger partial charge in [0, 0.05) is 17.8 Å². The highest BCUT2D eigenvalue weighted by Gasteiger charge is 2.06. The van der Waals surface area contributed by atoms with E-state index in [0.29, 0.717) is 17.9 Å². The lowest BCUT2D eigenvalue weighted by molar-refractivity contribution is 0.397. The van der Waals surface area contributed by atoms with Crippen LogP contribution in [0.25, 0.3) is 0 Å². The first-order valence-corrected chi connectivity index (χ1v) is 6.70. The second-order valence-corrected chi connectivity index (χ2v) is 4.69. The van der Waals surface area contributed by atoms with Crippen molar-refractivity contribution in [1.82, 2.24) is 9.97 Å². The van der Waals surface area contributed by atoms with E-state index in [1.807, 2.05) is 24.8 Å². The van der Waals surface area contributed by atoms with Crippen LogP contribution >= 0.6 is 11.8 Å². The largest absolute Gasteiger partial charge is 0.481 e. The molecule has 1 unspecified atom stereocenters. The van der Waals surface area contributed by atoms with Crippen LogP contribution in [0.5, 0.6) is 5.88 Å². The smallest absolute Gasteiger partial charge is 0.226 e. The van der Waals surface area contributed by atoms with Crippen LogP contribution in [0, 0.1) is 6.92 Å². The molecule has 0 aliphatic carbocycles. The maximum Gasteiger partial charge on any atom is 0.226 e. The predicted molar refractivity (Wildman–Crippen MR) is 69.4 cm³/mol. The Morgan fingerprint density at radius 3 is 2.88 bits per heavy atom. The molecule has 5 heteroatoms. The molecule has 0 saturated carbocycles. The summed E-state index contributed by atoms with van der Waals surface area (Å²) in [7, 11) is 1.61. The lowest BCUT2D eigenvalue weighted by Crippen LogP contribution is -2.18. The fourth-order valence-corrected chi connectivity index (χ4v) is 1.89. The van der Waals surface area contributed by atoms with Crippen LogP contribution in [0.1, 0.15) is 19.0 Å². The van der Waals surface area contributed by atoms with Crippen molar-refractivity contribution < 1.29 is 4.74 Å². The quantitative estimate of drug-likeness (QED) is 0.828. The third-order valence-corrected chi connectivity index (χ3v) is 2.81. The fraction of sp³-hybridized carbons (Fsp3) is 0.636. The number of aromatic nitrogens is 2. The maximum atomic E-state index is 5.10. The van der Waals surface area contributed by atoms with Crippen LogP contribution in [0.4, 0.5) is 5.95 Å². The Hall–Kier alpha value is -0.970. The van der Waals surface area contributed by atoms with Crippen molar-refractivity contribution in [3.63, 3.8) is 0 Å². The van der Waals surface area contributed by atoms with Crippen molar-refractivity contribution in [2.24, 2.45) is 0 Å². The summed E-state index contributed by atoms with van der Waals surface area (Å²) >= 11 is 1.85. The van der Waals surface area contributed by atoms with Gasteiger partial charge >= 0.3 is 0 Å². The van der Waals surface area contributed by atoms with Gasteiger partial charge < -0.3 is 10.1 Å². The van der Waals surface area contributed by atoms with Gasteiger partial charge in [0.25, 0.3) is 0 Å². The van der Waals surface area contributed by atoms with E-state index < -0.39 is 0 Å². The van der Waals surface area contributed by atoms with Gasteiger partial charge in [-0.1, -0.05) is 0 Å². The van der Waals surface area contributed by atoms with E-state index in [4.69, 9.17) is 4.74 Å². The van der Waals surface area contributed by atoms with Gasteiger partial charge in [-0.15, -0.1) is 0 Å². The maximum absolute atomic E-state index is 5.10. The molecule has 1 atom stereocenters. The number of rotatable bonds is 6. The average Bonchev–Trinajstić information content (AvgIpc) is 2.25. The van der Waals surface area contributed by atoms with Crippen molar-refractivity contribution in [1.29, 1.82) is 0 Å². The Morgan fingerprint density at radius 1 is 1.50 bits per heavy atom. The number of anilines is 1. The van der Waals surface area contributed by atoms with Crippen LogP contribution in [0.2, 0.25) is 0 Å². The molecule has 0 aliphatic heterocycles. The fourth-order valence-electron chi connectivity index (χ4n) is 1.30. The Morgan fingerprint density at radius 2 is 2.25 bits per heavy atom. The number of thioether (sulfide) groups is 1. The molecule has 1 aromatic heterocycles. The zero-order valence-corrected chi connectivity index (χ0v) is 11.1. The van der Waals surface area contributed by atoms with Crippen molar-refractivity contribution in [3.8, 4) is 5.88 Å². The zero-order chi connectivity index (χ0) is 12.0. The molecule has 0 aromatic carbocycles. The monoisotopic (exact) mass is 241 g/mol. The molecule has 0 saturated heterocycles. The summed E-state index contributed by atoms with van der Waals surface area (Å²) in [6.07, 6.45) is 3.21. The minimum atomic E-state index is 0.374. The molecule has 4 nitrogen and oxygen atoms in total. The summed E-state index contributed by atoms with van der Waals surface area (Å²) in [5.74, 6) is 2.38. The van der Waals surface area contributed by atoms with Gasteiger partial charge in [-0.3, -0.25) is 0 Å². The number of ether oxygens (including phenoxy) is 1. The summed E-state index contributed by atoms with van der Waals surface area (Å²) < 4.78 is 5.10.